The number of likely N-dealkylation sites (N-methyl/N-ethyl adjacent to an activating group) is 1. The van der Waals surface area contributed by atoms with Crippen molar-refractivity contribution < 1.29 is 9.18 Å². The van der Waals surface area contributed by atoms with Crippen LogP contribution in [0.2, 0.25) is 0 Å². The average molecular weight is 350 g/mol. The van der Waals surface area contributed by atoms with Gasteiger partial charge in [0.2, 0.25) is 5.91 Å². The Bertz CT molecular complexity index is 995. The highest BCUT2D eigenvalue weighted by Gasteiger charge is 2.43. The summed E-state index contributed by atoms with van der Waals surface area (Å²) in [5, 5.41) is 4.33. The second-order valence-corrected chi connectivity index (χ2v) is 6.66. The summed E-state index contributed by atoms with van der Waals surface area (Å²) in [4.78, 5) is 18.1. The number of anilines is 2. The van der Waals surface area contributed by atoms with E-state index in [1.165, 1.54) is 0 Å². The number of rotatable bonds is 3. The first-order valence-electron chi connectivity index (χ1n) is 8.39. The summed E-state index contributed by atoms with van der Waals surface area (Å²) >= 11 is 0. The van der Waals surface area contributed by atoms with Gasteiger partial charge in [-0.25, -0.2) is 9.37 Å². The number of pyridine rings is 1. The van der Waals surface area contributed by atoms with E-state index >= 15 is 0 Å². The minimum atomic E-state index is -1.03. The summed E-state index contributed by atoms with van der Waals surface area (Å²) in [7, 11) is 1.94. The Hall–Kier alpha value is -3.15. The smallest absolute Gasteiger partial charge is 0.231 e. The SMILES string of the molecule is C=C1C=CC=C(c2cc(N)c3cnc(NC(=O)[C@@H]4CC4F)cc3c2)N1C. The highest BCUT2D eigenvalue weighted by Crippen LogP contribution is 2.35. The van der Waals surface area contributed by atoms with Crippen molar-refractivity contribution in [1.29, 1.82) is 0 Å². The van der Waals surface area contributed by atoms with Crippen LogP contribution in [-0.4, -0.2) is 29.0 Å². The number of nitrogen functional groups attached to an aromatic ring is 1. The number of amides is 1. The third kappa shape index (κ3) is 2.83. The molecule has 3 N–H and O–H groups in total. The number of aromatic nitrogens is 1. The number of nitrogens with one attached hydrogen (secondary N) is 1. The molecule has 132 valence electrons. The number of allylic oxidation sites excluding steroid dienone is 3. The molecule has 0 bridgehead atoms. The van der Waals surface area contributed by atoms with Crippen molar-refractivity contribution in [3.63, 3.8) is 0 Å². The van der Waals surface area contributed by atoms with E-state index < -0.39 is 12.1 Å². The predicted molar refractivity (Wildman–Crippen MR) is 102 cm³/mol. The van der Waals surface area contributed by atoms with E-state index in [2.05, 4.69) is 16.9 Å². The number of hydrogen-bond acceptors (Lipinski definition) is 4. The van der Waals surface area contributed by atoms with Crippen LogP contribution in [0.1, 0.15) is 12.0 Å². The molecule has 2 atom stereocenters. The zero-order chi connectivity index (χ0) is 18.4. The van der Waals surface area contributed by atoms with Gasteiger partial charge in [-0.3, -0.25) is 4.79 Å². The number of nitrogens with zero attached hydrogens (tertiary/aromatic N) is 2. The number of nitrogens with two attached hydrogens (primary N) is 1. The van der Waals surface area contributed by atoms with Crippen LogP contribution in [-0.2, 0) is 4.79 Å². The maximum Gasteiger partial charge on any atom is 0.231 e. The van der Waals surface area contributed by atoms with Crippen LogP contribution < -0.4 is 11.1 Å². The molecule has 2 aromatic rings. The van der Waals surface area contributed by atoms with Crippen LogP contribution in [0, 0.1) is 5.92 Å². The van der Waals surface area contributed by atoms with Gasteiger partial charge in [0, 0.05) is 41.3 Å². The third-order valence-electron chi connectivity index (χ3n) is 4.80. The van der Waals surface area contributed by atoms with Gasteiger partial charge in [0.25, 0.3) is 0 Å². The van der Waals surface area contributed by atoms with E-state index in [4.69, 9.17) is 5.73 Å². The molecule has 6 heteroatoms. The number of fused-ring (bicyclic) bond motifs is 1. The Morgan fingerprint density at radius 2 is 2.19 bits per heavy atom. The van der Waals surface area contributed by atoms with E-state index in [9.17, 15) is 9.18 Å². The van der Waals surface area contributed by atoms with Crippen molar-refractivity contribution in [1.82, 2.24) is 9.88 Å². The first-order valence-corrected chi connectivity index (χ1v) is 8.39. The third-order valence-corrected chi connectivity index (χ3v) is 4.80. The van der Waals surface area contributed by atoms with Crippen LogP contribution in [0.25, 0.3) is 16.5 Å². The van der Waals surface area contributed by atoms with Crippen molar-refractivity contribution in [3.8, 4) is 0 Å². The van der Waals surface area contributed by atoms with Gasteiger partial charge in [-0.05, 0) is 42.2 Å². The molecule has 1 saturated carbocycles. The standard InChI is InChI=1S/C20H19FN4O/c1-11-4-3-5-18(25(11)2)13-6-12-8-19(23-10-15(12)17(22)7-13)24-20(26)14-9-16(14)21/h3-8,10,14,16H,1,9,22H2,2H3,(H,23,24,26)/t14-,16?/m1/s1. The fourth-order valence-electron chi connectivity index (χ4n) is 3.08. The molecule has 5 nitrogen and oxygen atoms in total. The summed E-state index contributed by atoms with van der Waals surface area (Å²) in [5.41, 5.74) is 9.61. The Kier molecular flexibility index (Phi) is 3.76. The molecule has 1 unspecified atom stereocenters. The quantitative estimate of drug-likeness (QED) is 0.832. The topological polar surface area (TPSA) is 71.2 Å². The fourth-order valence-corrected chi connectivity index (χ4v) is 3.08. The molecule has 1 aliphatic carbocycles. The molecule has 0 radical (unpaired) electrons. The molecule has 4 rings (SSSR count). The van der Waals surface area contributed by atoms with Crippen molar-refractivity contribution in [3.05, 3.63) is 60.5 Å². The molecule has 1 aliphatic heterocycles. The Morgan fingerprint density at radius 3 is 2.92 bits per heavy atom. The molecule has 1 amide bonds. The lowest BCUT2D eigenvalue weighted by Crippen LogP contribution is -2.16. The van der Waals surface area contributed by atoms with Crippen LogP contribution in [0.4, 0.5) is 15.9 Å². The van der Waals surface area contributed by atoms with Crippen molar-refractivity contribution in [2.24, 2.45) is 5.92 Å². The summed E-state index contributed by atoms with van der Waals surface area (Å²) in [6.07, 6.45) is 6.75. The molecule has 0 spiro atoms. The van der Waals surface area contributed by atoms with Crippen LogP contribution >= 0.6 is 0 Å². The van der Waals surface area contributed by atoms with Crippen molar-refractivity contribution >= 4 is 33.9 Å². The lowest BCUT2D eigenvalue weighted by Gasteiger charge is -2.26. The van der Waals surface area contributed by atoms with E-state index in [1.807, 2.05) is 42.3 Å². The summed E-state index contributed by atoms with van der Waals surface area (Å²) in [6, 6.07) is 5.65. The van der Waals surface area contributed by atoms with E-state index in [0.29, 0.717) is 11.5 Å². The number of halogens is 1. The minimum Gasteiger partial charge on any atom is -0.398 e. The zero-order valence-electron chi connectivity index (χ0n) is 14.4. The Labute approximate surface area is 150 Å². The monoisotopic (exact) mass is 350 g/mol. The van der Waals surface area contributed by atoms with Gasteiger partial charge in [0.15, 0.2) is 0 Å². The molecule has 0 saturated heterocycles. The highest BCUT2D eigenvalue weighted by atomic mass is 19.1. The molecule has 1 aromatic heterocycles. The van der Waals surface area contributed by atoms with E-state index in [-0.39, 0.29) is 12.3 Å². The van der Waals surface area contributed by atoms with Gasteiger partial charge in [0.1, 0.15) is 12.0 Å². The van der Waals surface area contributed by atoms with Gasteiger partial charge >= 0.3 is 0 Å². The van der Waals surface area contributed by atoms with E-state index in [0.717, 1.165) is 27.7 Å². The predicted octanol–water partition coefficient (Wildman–Crippen LogP) is 3.47. The lowest BCUT2D eigenvalue weighted by atomic mass is 10.0. The highest BCUT2D eigenvalue weighted by molar-refractivity contribution is 5.99. The molecule has 2 heterocycles. The largest absolute Gasteiger partial charge is 0.398 e. The summed E-state index contributed by atoms with van der Waals surface area (Å²) < 4.78 is 13.0. The second-order valence-electron chi connectivity index (χ2n) is 6.66. The fraction of sp³-hybridized carbons (Fsp3) is 0.200. The first kappa shape index (κ1) is 16.3. The van der Waals surface area contributed by atoms with Gasteiger partial charge in [-0.1, -0.05) is 12.7 Å². The van der Waals surface area contributed by atoms with Crippen molar-refractivity contribution in [2.45, 2.75) is 12.6 Å². The Balaban J connectivity index is 1.70. The first-order chi connectivity index (χ1) is 12.4. The zero-order valence-corrected chi connectivity index (χ0v) is 14.4. The molecule has 1 fully saturated rings. The molecular formula is C20H19FN4O. The van der Waals surface area contributed by atoms with Crippen LogP contribution in [0.3, 0.4) is 0 Å². The maximum absolute atomic E-state index is 13.0. The number of benzene rings is 1. The van der Waals surface area contributed by atoms with Crippen molar-refractivity contribution in [2.75, 3.05) is 18.1 Å². The normalized spacial score (nSPS) is 21.7. The molecule has 2 aliphatic rings. The lowest BCUT2D eigenvalue weighted by molar-refractivity contribution is -0.117. The summed E-state index contributed by atoms with van der Waals surface area (Å²) in [6.45, 7) is 4.01. The summed E-state index contributed by atoms with van der Waals surface area (Å²) in [5.74, 6) is -0.485. The van der Waals surface area contributed by atoms with Crippen LogP contribution in [0.15, 0.2) is 54.9 Å². The maximum atomic E-state index is 13.0. The number of hydrogen-bond donors (Lipinski definition) is 2. The van der Waals surface area contributed by atoms with Gasteiger partial charge < -0.3 is 16.0 Å². The molecule has 26 heavy (non-hydrogen) atoms. The second kappa shape index (κ2) is 5.98. The number of alkyl halides is 1. The van der Waals surface area contributed by atoms with Gasteiger partial charge in [0.05, 0.1) is 5.92 Å². The van der Waals surface area contributed by atoms with Crippen LogP contribution in [0.5, 0.6) is 0 Å². The Morgan fingerprint density at radius 1 is 1.42 bits per heavy atom. The van der Waals surface area contributed by atoms with Gasteiger partial charge in [-0.15, -0.1) is 0 Å². The number of carbonyl (C=O) groups is 1. The average Bonchev–Trinajstić information content (AvgIpc) is 3.34. The van der Waals surface area contributed by atoms with E-state index in [1.54, 1.807) is 12.3 Å². The molecular weight excluding hydrogens is 331 g/mol. The number of carbonyl (C=O) groups excluding carboxylic acids is 1. The van der Waals surface area contributed by atoms with Gasteiger partial charge in [-0.2, -0.15) is 0 Å². The minimum absolute atomic E-state index is 0.286. The molecule has 1 aromatic carbocycles.